The third-order valence-electron chi connectivity index (χ3n) is 4.44. The van der Waals surface area contributed by atoms with Gasteiger partial charge in [0, 0.05) is 23.8 Å². The summed E-state index contributed by atoms with van der Waals surface area (Å²) >= 11 is 3.44. The number of nitrogens with one attached hydrogen (secondary N) is 2. The van der Waals surface area contributed by atoms with Crippen LogP contribution in [0.4, 0.5) is 5.82 Å². The first-order chi connectivity index (χ1) is 11.7. The number of carbonyl (C=O) groups excluding carboxylic acids is 1. The lowest BCUT2D eigenvalue weighted by Crippen LogP contribution is -2.35. The van der Waals surface area contributed by atoms with E-state index >= 15 is 0 Å². The molecular formula is C19H22BrN3O. The third kappa shape index (κ3) is 4.15. The summed E-state index contributed by atoms with van der Waals surface area (Å²) in [6.45, 7) is 1.59. The molecule has 0 bridgehead atoms. The number of benzene rings is 1. The van der Waals surface area contributed by atoms with Gasteiger partial charge in [-0.05, 0) is 55.5 Å². The van der Waals surface area contributed by atoms with E-state index in [0.717, 1.165) is 54.6 Å². The Labute approximate surface area is 151 Å². The Hall–Kier alpha value is -1.88. The van der Waals surface area contributed by atoms with Gasteiger partial charge in [0.25, 0.3) is 0 Å². The van der Waals surface area contributed by atoms with Crippen LogP contribution in [0.1, 0.15) is 31.2 Å². The maximum atomic E-state index is 12.5. The number of anilines is 1. The van der Waals surface area contributed by atoms with Gasteiger partial charge in [0.2, 0.25) is 5.91 Å². The molecule has 2 aromatic rings. The minimum absolute atomic E-state index is 0.169. The summed E-state index contributed by atoms with van der Waals surface area (Å²) in [6.07, 6.45) is 5.63. The first-order valence-corrected chi connectivity index (χ1v) is 9.19. The second-order valence-electron chi connectivity index (χ2n) is 6.19. The standard InChI is InChI=1S/C19H22BrN3O/c20-16-8-6-15(7-9-16)19(10-11-19)18(24)23-14-4-3-13-22-17-5-1-2-12-21-17/h1-2,5-9,12H,3-4,10-11,13-14H2,(H,21,22)(H,23,24). The summed E-state index contributed by atoms with van der Waals surface area (Å²) in [6, 6.07) is 13.9. The number of unbranched alkanes of at least 4 members (excludes halogenated alkanes) is 1. The molecule has 1 aliphatic rings. The molecule has 3 rings (SSSR count). The van der Waals surface area contributed by atoms with Crippen molar-refractivity contribution in [3.05, 3.63) is 58.7 Å². The Morgan fingerprint density at radius 3 is 2.50 bits per heavy atom. The van der Waals surface area contributed by atoms with E-state index in [2.05, 4.69) is 31.5 Å². The van der Waals surface area contributed by atoms with E-state index in [-0.39, 0.29) is 11.3 Å². The lowest BCUT2D eigenvalue weighted by molar-refractivity contribution is -0.123. The molecule has 0 saturated heterocycles. The number of amides is 1. The predicted molar refractivity (Wildman–Crippen MR) is 100 cm³/mol. The van der Waals surface area contributed by atoms with Gasteiger partial charge in [-0.25, -0.2) is 4.98 Å². The molecule has 1 aromatic carbocycles. The van der Waals surface area contributed by atoms with Crippen LogP contribution in [0.2, 0.25) is 0 Å². The first kappa shape index (κ1) is 17.0. The second-order valence-corrected chi connectivity index (χ2v) is 7.11. The van der Waals surface area contributed by atoms with Gasteiger partial charge in [-0.15, -0.1) is 0 Å². The van der Waals surface area contributed by atoms with Crippen molar-refractivity contribution in [2.75, 3.05) is 18.4 Å². The molecule has 1 aliphatic carbocycles. The fraction of sp³-hybridized carbons (Fsp3) is 0.368. The van der Waals surface area contributed by atoms with Gasteiger partial charge < -0.3 is 10.6 Å². The summed E-state index contributed by atoms with van der Waals surface area (Å²) in [5, 5.41) is 6.38. The smallest absolute Gasteiger partial charge is 0.230 e. The van der Waals surface area contributed by atoms with Crippen molar-refractivity contribution in [2.24, 2.45) is 0 Å². The van der Waals surface area contributed by atoms with E-state index in [1.54, 1.807) is 6.20 Å². The summed E-state index contributed by atoms with van der Waals surface area (Å²) in [4.78, 5) is 16.7. The van der Waals surface area contributed by atoms with Crippen molar-refractivity contribution in [1.29, 1.82) is 0 Å². The minimum atomic E-state index is -0.285. The van der Waals surface area contributed by atoms with E-state index in [1.165, 1.54) is 0 Å². The number of hydrogen-bond acceptors (Lipinski definition) is 3. The Kier molecular flexibility index (Phi) is 5.51. The van der Waals surface area contributed by atoms with Crippen LogP contribution in [0.15, 0.2) is 53.1 Å². The molecule has 2 N–H and O–H groups in total. The van der Waals surface area contributed by atoms with Gasteiger partial charge in [-0.3, -0.25) is 4.79 Å². The van der Waals surface area contributed by atoms with E-state index in [9.17, 15) is 4.79 Å². The van der Waals surface area contributed by atoms with Gasteiger partial charge in [0.15, 0.2) is 0 Å². The van der Waals surface area contributed by atoms with Gasteiger partial charge in [0.1, 0.15) is 5.82 Å². The monoisotopic (exact) mass is 387 g/mol. The molecule has 0 atom stereocenters. The van der Waals surface area contributed by atoms with Crippen molar-refractivity contribution in [3.8, 4) is 0 Å². The zero-order valence-corrected chi connectivity index (χ0v) is 15.2. The first-order valence-electron chi connectivity index (χ1n) is 8.40. The third-order valence-corrected chi connectivity index (χ3v) is 4.97. The minimum Gasteiger partial charge on any atom is -0.370 e. The number of carbonyl (C=O) groups is 1. The maximum Gasteiger partial charge on any atom is 0.230 e. The van der Waals surface area contributed by atoms with Crippen LogP contribution >= 0.6 is 15.9 Å². The van der Waals surface area contributed by atoms with Crippen molar-refractivity contribution in [2.45, 2.75) is 31.1 Å². The number of nitrogens with zero attached hydrogens (tertiary/aromatic N) is 1. The highest BCUT2D eigenvalue weighted by atomic mass is 79.9. The molecule has 126 valence electrons. The van der Waals surface area contributed by atoms with E-state index in [0.29, 0.717) is 0 Å². The molecule has 0 radical (unpaired) electrons. The molecule has 24 heavy (non-hydrogen) atoms. The zero-order valence-electron chi connectivity index (χ0n) is 13.6. The molecule has 1 fully saturated rings. The van der Waals surface area contributed by atoms with Crippen LogP contribution in [-0.4, -0.2) is 24.0 Å². The molecule has 1 amide bonds. The zero-order chi connectivity index (χ0) is 16.8. The molecule has 1 saturated carbocycles. The van der Waals surface area contributed by atoms with E-state index in [1.807, 2.05) is 42.5 Å². The highest BCUT2D eigenvalue weighted by molar-refractivity contribution is 9.10. The largest absolute Gasteiger partial charge is 0.370 e. The second kappa shape index (κ2) is 7.79. The number of halogens is 1. The summed E-state index contributed by atoms with van der Waals surface area (Å²) in [7, 11) is 0. The normalized spacial score (nSPS) is 14.9. The SMILES string of the molecule is O=C(NCCCCNc1ccccn1)C1(c2ccc(Br)cc2)CC1. The van der Waals surface area contributed by atoms with Crippen LogP contribution in [0.5, 0.6) is 0 Å². The highest BCUT2D eigenvalue weighted by Gasteiger charge is 2.50. The molecule has 0 aliphatic heterocycles. The number of hydrogen-bond donors (Lipinski definition) is 2. The fourth-order valence-electron chi connectivity index (χ4n) is 2.85. The van der Waals surface area contributed by atoms with Crippen LogP contribution in [0, 0.1) is 0 Å². The maximum absolute atomic E-state index is 12.5. The quantitative estimate of drug-likeness (QED) is 0.675. The summed E-state index contributed by atoms with van der Waals surface area (Å²) < 4.78 is 1.04. The van der Waals surface area contributed by atoms with Crippen molar-refractivity contribution >= 4 is 27.7 Å². The van der Waals surface area contributed by atoms with E-state index in [4.69, 9.17) is 0 Å². The van der Waals surface area contributed by atoms with Crippen molar-refractivity contribution < 1.29 is 4.79 Å². The molecule has 0 spiro atoms. The average Bonchev–Trinajstić information content (AvgIpc) is 3.41. The molecule has 1 heterocycles. The predicted octanol–water partition coefficient (Wildman–Crippen LogP) is 3.88. The van der Waals surface area contributed by atoms with Gasteiger partial charge >= 0.3 is 0 Å². The lowest BCUT2D eigenvalue weighted by atomic mass is 9.95. The van der Waals surface area contributed by atoms with E-state index < -0.39 is 0 Å². The molecule has 4 nitrogen and oxygen atoms in total. The molecule has 1 aromatic heterocycles. The van der Waals surface area contributed by atoms with Crippen LogP contribution in [0.25, 0.3) is 0 Å². The highest BCUT2D eigenvalue weighted by Crippen LogP contribution is 2.48. The Morgan fingerprint density at radius 2 is 1.83 bits per heavy atom. The van der Waals surface area contributed by atoms with Gasteiger partial charge in [0.05, 0.1) is 5.41 Å². The topological polar surface area (TPSA) is 54.0 Å². The average molecular weight is 388 g/mol. The van der Waals surface area contributed by atoms with Gasteiger partial charge in [-0.2, -0.15) is 0 Å². The number of pyridine rings is 1. The lowest BCUT2D eigenvalue weighted by Gasteiger charge is -2.16. The van der Waals surface area contributed by atoms with Crippen LogP contribution in [0.3, 0.4) is 0 Å². The fourth-order valence-corrected chi connectivity index (χ4v) is 3.11. The molecule has 0 unspecified atom stereocenters. The Balaban J connectivity index is 1.37. The van der Waals surface area contributed by atoms with Crippen LogP contribution in [-0.2, 0) is 10.2 Å². The Bertz CT molecular complexity index is 669. The van der Waals surface area contributed by atoms with Crippen molar-refractivity contribution in [3.63, 3.8) is 0 Å². The van der Waals surface area contributed by atoms with Crippen molar-refractivity contribution in [1.82, 2.24) is 10.3 Å². The number of aromatic nitrogens is 1. The molecule has 5 heteroatoms. The summed E-state index contributed by atoms with van der Waals surface area (Å²) in [5.74, 6) is 1.07. The van der Waals surface area contributed by atoms with Gasteiger partial charge in [-0.1, -0.05) is 34.1 Å². The Morgan fingerprint density at radius 1 is 1.08 bits per heavy atom. The number of rotatable bonds is 8. The summed E-state index contributed by atoms with van der Waals surface area (Å²) in [5.41, 5.74) is 0.840. The molecular weight excluding hydrogens is 366 g/mol. The van der Waals surface area contributed by atoms with Crippen LogP contribution < -0.4 is 10.6 Å².